The van der Waals surface area contributed by atoms with Gasteiger partial charge in [-0.15, -0.1) is 33.6 Å². The minimum atomic E-state index is -0.0371. The van der Waals surface area contributed by atoms with Crippen molar-refractivity contribution in [3.05, 3.63) is 109 Å². The first-order valence-electron chi connectivity index (χ1n) is 13.5. The van der Waals surface area contributed by atoms with Crippen molar-refractivity contribution in [2.24, 2.45) is 0 Å². The number of nitrogens with one attached hydrogen (secondary N) is 2. The molecule has 0 spiro atoms. The summed E-state index contributed by atoms with van der Waals surface area (Å²) in [5.74, 6) is -0.0742. The van der Waals surface area contributed by atoms with Gasteiger partial charge in [0.2, 0.25) is 10.3 Å². The standard InChI is InChI=1S/2C14H11N3OS.2C2H5O.3O.2V/c2*18-12-9-5-4-8-11(12)13-16-17-14(19-13)15-10-6-2-1-3-7-10;2*1-2-3;;;;;/h2*1-9,18H,(H,15,17);2*2H2,1H3;;;;;/q;;2*-1;3*-2;;/p-2. The number of benzene rings is 4. The molecule has 0 aliphatic rings. The molecule has 0 aliphatic heterocycles. The first kappa shape index (κ1) is 49.6. The Bertz CT molecular complexity index is 1550. The first-order chi connectivity index (χ1) is 21.5. The summed E-state index contributed by atoms with van der Waals surface area (Å²) >= 11 is 2.72. The number of hydrogen-bond donors (Lipinski definition) is 2. The van der Waals surface area contributed by atoms with Gasteiger partial charge in [0, 0.05) is 59.6 Å². The van der Waals surface area contributed by atoms with Crippen molar-refractivity contribution in [3.8, 4) is 32.6 Å². The molecule has 262 valence electrons. The zero-order valence-electron chi connectivity index (χ0n) is 26.2. The zero-order chi connectivity index (χ0) is 31.6. The Morgan fingerprint density at radius 2 is 0.776 bits per heavy atom. The van der Waals surface area contributed by atoms with Gasteiger partial charge in [-0.1, -0.05) is 133 Å². The third-order valence-corrected chi connectivity index (χ3v) is 6.88. The SMILES string of the molecule is CC[O-].CC[O-].[O-2].[O-2].[O-2].[O-]c1ccccc1-c1nnc(Nc2ccccc2)s1.[O-]c1ccccc1-c1nnc(Nc2ccccc2)s1.[V].[V]. The Hall–Kier alpha value is -3.83. The van der Waals surface area contributed by atoms with Gasteiger partial charge in [0.1, 0.15) is 10.0 Å². The summed E-state index contributed by atoms with van der Waals surface area (Å²) in [6, 6.07) is 33.1. The van der Waals surface area contributed by atoms with Gasteiger partial charge >= 0.3 is 0 Å². The van der Waals surface area contributed by atoms with Gasteiger partial charge in [0.25, 0.3) is 0 Å². The van der Waals surface area contributed by atoms with Gasteiger partial charge in [-0.25, -0.2) is 0 Å². The van der Waals surface area contributed by atoms with Gasteiger partial charge in [-0.3, -0.25) is 0 Å². The molecule has 0 saturated carbocycles. The molecule has 0 atom stereocenters. The largest absolute Gasteiger partial charge is 2.00 e. The van der Waals surface area contributed by atoms with Crippen molar-refractivity contribution in [2.75, 3.05) is 23.8 Å². The van der Waals surface area contributed by atoms with Crippen LogP contribution in [-0.4, -0.2) is 33.6 Å². The number of hydrogen-bond acceptors (Lipinski definition) is 12. The summed E-state index contributed by atoms with van der Waals surface area (Å²) < 4.78 is 0. The van der Waals surface area contributed by atoms with Crippen LogP contribution in [0.4, 0.5) is 21.6 Å². The van der Waals surface area contributed by atoms with Crippen LogP contribution in [0.15, 0.2) is 109 Å². The van der Waals surface area contributed by atoms with Crippen LogP contribution in [0.2, 0.25) is 0 Å². The summed E-state index contributed by atoms with van der Waals surface area (Å²) in [5.41, 5.74) is 3.06. The Labute approximate surface area is 316 Å². The fraction of sp³-hybridized carbons (Fsp3) is 0.125. The van der Waals surface area contributed by atoms with Gasteiger partial charge in [-0.05, 0) is 24.3 Å². The first-order valence-corrected chi connectivity index (χ1v) is 15.1. The average Bonchev–Trinajstić information content (AvgIpc) is 3.70. The maximum Gasteiger partial charge on any atom is 0.210 e. The van der Waals surface area contributed by atoms with Crippen molar-refractivity contribution in [1.82, 2.24) is 20.4 Å². The number of anilines is 4. The van der Waals surface area contributed by atoms with E-state index in [1.54, 1.807) is 38.1 Å². The molecule has 0 bridgehead atoms. The van der Waals surface area contributed by atoms with Crippen molar-refractivity contribution >= 4 is 44.3 Å². The predicted octanol–water partition coefficient (Wildman–Crippen LogP) is 4.42. The van der Waals surface area contributed by atoms with E-state index in [1.807, 2.05) is 72.8 Å². The molecule has 4 aromatic carbocycles. The number of nitrogens with zero attached hydrogens (tertiary/aromatic N) is 4. The monoisotopic (exact) mass is 776 g/mol. The van der Waals surface area contributed by atoms with E-state index in [-0.39, 0.29) is 78.3 Å². The van der Waals surface area contributed by atoms with Crippen LogP contribution < -0.4 is 31.1 Å². The molecule has 13 nitrogen and oxygen atoms in total. The van der Waals surface area contributed by atoms with Crippen LogP contribution in [0, 0.1) is 0 Å². The van der Waals surface area contributed by atoms with E-state index in [1.165, 1.54) is 34.8 Å². The number of para-hydroxylation sites is 4. The Morgan fingerprint density at radius 3 is 1.08 bits per heavy atom. The maximum absolute atomic E-state index is 11.7. The van der Waals surface area contributed by atoms with E-state index in [9.17, 15) is 10.2 Å². The van der Waals surface area contributed by atoms with Crippen LogP contribution in [0.3, 0.4) is 0 Å². The molecule has 6 aromatic rings. The molecule has 2 radical (unpaired) electrons. The summed E-state index contributed by atoms with van der Waals surface area (Å²) in [7, 11) is 0. The minimum Gasteiger partial charge on any atom is -2.00 e. The quantitative estimate of drug-likeness (QED) is 0.241. The maximum atomic E-state index is 11.7. The smallest absolute Gasteiger partial charge is 0.210 e. The molecule has 0 unspecified atom stereocenters. The number of rotatable bonds is 6. The van der Waals surface area contributed by atoms with Gasteiger partial charge in [0.15, 0.2) is 0 Å². The summed E-state index contributed by atoms with van der Waals surface area (Å²) in [4.78, 5) is 0. The molecule has 17 heteroatoms. The molecule has 2 N–H and O–H groups in total. The molecule has 2 aromatic heterocycles. The van der Waals surface area contributed by atoms with Crippen LogP contribution >= 0.6 is 22.7 Å². The van der Waals surface area contributed by atoms with Crippen LogP contribution in [-0.2, 0) is 53.5 Å². The fourth-order valence-electron chi connectivity index (χ4n) is 3.34. The van der Waals surface area contributed by atoms with E-state index >= 15 is 0 Å². The molecule has 0 fully saturated rings. The molecule has 0 saturated heterocycles. The Morgan fingerprint density at radius 1 is 0.490 bits per heavy atom. The average molecular weight is 777 g/mol. The summed E-state index contributed by atoms with van der Waals surface area (Å²) in [6.07, 6.45) is 0. The van der Waals surface area contributed by atoms with Crippen molar-refractivity contribution < 1.29 is 74.0 Å². The molecular formula is C32H30N6O7S2V2-10. The van der Waals surface area contributed by atoms with E-state index in [2.05, 4.69) is 31.0 Å². The molecule has 0 amide bonds. The number of aromatic nitrogens is 4. The van der Waals surface area contributed by atoms with Crippen LogP contribution in [0.25, 0.3) is 21.1 Å². The van der Waals surface area contributed by atoms with Crippen molar-refractivity contribution in [3.63, 3.8) is 0 Å². The fourth-order valence-corrected chi connectivity index (χ4v) is 4.93. The van der Waals surface area contributed by atoms with Gasteiger partial charge in [0.05, 0.1) is 0 Å². The normalized spacial score (nSPS) is 8.73. The van der Waals surface area contributed by atoms with Crippen LogP contribution in [0.5, 0.6) is 11.5 Å². The van der Waals surface area contributed by atoms with E-state index in [4.69, 9.17) is 10.2 Å². The summed E-state index contributed by atoms with van der Waals surface area (Å²) in [5, 5.41) is 66.4. The van der Waals surface area contributed by atoms with E-state index < -0.39 is 0 Å². The molecule has 49 heavy (non-hydrogen) atoms. The molecule has 0 aliphatic carbocycles. The minimum absolute atomic E-state index is 0. The third-order valence-electron chi connectivity index (χ3n) is 5.14. The summed E-state index contributed by atoms with van der Waals surface area (Å²) in [6.45, 7) is 3.14. The van der Waals surface area contributed by atoms with Gasteiger partial charge < -0.3 is 47.5 Å². The third kappa shape index (κ3) is 16.9. The molecule has 6 rings (SSSR count). The second kappa shape index (κ2) is 28.1. The van der Waals surface area contributed by atoms with E-state index in [0.717, 1.165) is 11.4 Å². The van der Waals surface area contributed by atoms with Crippen molar-refractivity contribution in [1.29, 1.82) is 0 Å². The topological polar surface area (TPSA) is 253 Å². The van der Waals surface area contributed by atoms with E-state index in [0.29, 0.717) is 31.4 Å². The Kier molecular flexibility index (Phi) is 28.4. The predicted molar refractivity (Wildman–Crippen MR) is 172 cm³/mol. The second-order valence-corrected chi connectivity index (χ2v) is 10.3. The molecule has 2 heterocycles. The van der Waals surface area contributed by atoms with Crippen molar-refractivity contribution in [2.45, 2.75) is 13.8 Å². The zero-order valence-corrected chi connectivity index (χ0v) is 30.6. The second-order valence-electron chi connectivity index (χ2n) is 8.38. The van der Waals surface area contributed by atoms with Crippen LogP contribution in [0.1, 0.15) is 13.8 Å². The van der Waals surface area contributed by atoms with Gasteiger partial charge in [-0.2, -0.15) is 0 Å². The molecular weight excluding hydrogens is 746 g/mol. The Balaban J connectivity index is -0.000000684.